The lowest BCUT2D eigenvalue weighted by Gasteiger charge is -2.28. The molecule has 0 aromatic carbocycles. The molecule has 2 unspecified atom stereocenters. The zero-order valence-electron chi connectivity index (χ0n) is 11.7. The predicted octanol–water partition coefficient (Wildman–Crippen LogP) is -0.569. The van der Waals surface area contributed by atoms with E-state index in [-0.39, 0.29) is 17.3 Å². The van der Waals surface area contributed by atoms with E-state index in [4.69, 9.17) is 22.4 Å². The summed E-state index contributed by atoms with van der Waals surface area (Å²) in [5.74, 6) is -1.87. The van der Waals surface area contributed by atoms with E-state index in [9.17, 15) is 18.0 Å². The molecule has 0 saturated carbocycles. The Morgan fingerprint density at radius 3 is 2.48 bits per heavy atom. The molecule has 7 nitrogen and oxygen atoms in total. The van der Waals surface area contributed by atoms with Crippen LogP contribution in [-0.4, -0.2) is 64.9 Å². The van der Waals surface area contributed by atoms with Gasteiger partial charge in [0.25, 0.3) is 0 Å². The molecule has 0 aliphatic carbocycles. The number of sulfone groups is 1. The Morgan fingerprint density at radius 2 is 2.05 bits per heavy atom. The van der Waals surface area contributed by atoms with Gasteiger partial charge in [-0.25, -0.2) is 8.42 Å². The number of hydrogen-bond acceptors (Lipinski definition) is 6. The number of carbonyl (C=O) groups excluding carboxylic acids is 1. The van der Waals surface area contributed by atoms with Gasteiger partial charge < -0.3 is 16.2 Å². The highest BCUT2D eigenvalue weighted by atomic mass is 35.5. The molecule has 0 aromatic rings. The maximum absolute atomic E-state index is 11.8. The summed E-state index contributed by atoms with van der Waals surface area (Å²) in [6.07, 6.45) is 0. The van der Waals surface area contributed by atoms with Gasteiger partial charge in [0.05, 0.1) is 28.7 Å². The molecule has 1 saturated heterocycles. The number of carbonyl (C=O) groups is 2. The van der Waals surface area contributed by atoms with Gasteiger partial charge in [-0.1, -0.05) is 0 Å². The molecule has 0 spiro atoms. The van der Waals surface area contributed by atoms with Crippen LogP contribution >= 0.6 is 23.4 Å². The number of amides is 1. The minimum Gasteiger partial charge on any atom is -0.480 e. The average Bonchev–Trinajstić information content (AvgIpc) is 2.58. The Kier molecular flexibility index (Phi) is 5.93. The number of carboxylic acids is 1. The molecule has 4 N–H and O–H groups in total. The standard InChI is InChI=1S/C11H19ClN2O5S2/c1-11(2,9(13)10(16)17)20-3-8(15)14-7-5-21(18,19)4-6(7)12/h6-7,9H,3-5,13H2,1-2H3,(H,14,15)(H,16,17)/t6?,7?,9-/m1/s1. The summed E-state index contributed by atoms with van der Waals surface area (Å²) in [7, 11) is -3.21. The highest BCUT2D eigenvalue weighted by molar-refractivity contribution is 8.01. The molecule has 1 aliphatic heterocycles. The fourth-order valence-electron chi connectivity index (χ4n) is 1.82. The van der Waals surface area contributed by atoms with E-state index >= 15 is 0 Å². The first-order valence-electron chi connectivity index (χ1n) is 6.21. The van der Waals surface area contributed by atoms with Crippen molar-refractivity contribution in [1.82, 2.24) is 5.32 Å². The fourth-order valence-corrected chi connectivity index (χ4v) is 5.24. The molecule has 0 aromatic heterocycles. The Labute approximate surface area is 132 Å². The Balaban J connectivity index is 2.50. The maximum atomic E-state index is 11.8. The Hall–Kier alpha value is -0.510. The zero-order chi connectivity index (χ0) is 16.4. The third-order valence-corrected chi connectivity index (χ3v) is 7.00. The predicted molar refractivity (Wildman–Crippen MR) is 82.4 cm³/mol. The summed E-state index contributed by atoms with van der Waals surface area (Å²) in [6.45, 7) is 3.27. The van der Waals surface area contributed by atoms with E-state index in [1.165, 1.54) is 0 Å². The van der Waals surface area contributed by atoms with Crippen molar-refractivity contribution in [3.05, 3.63) is 0 Å². The number of rotatable bonds is 6. The van der Waals surface area contributed by atoms with Crippen molar-refractivity contribution in [2.75, 3.05) is 17.3 Å². The van der Waals surface area contributed by atoms with Crippen LogP contribution in [0.4, 0.5) is 0 Å². The van der Waals surface area contributed by atoms with Gasteiger partial charge in [-0.05, 0) is 13.8 Å². The third-order valence-electron chi connectivity index (χ3n) is 3.22. The molecule has 1 fully saturated rings. The summed E-state index contributed by atoms with van der Waals surface area (Å²) in [5.41, 5.74) is 5.55. The number of halogens is 1. The van der Waals surface area contributed by atoms with Crippen LogP contribution in [0.1, 0.15) is 13.8 Å². The molecular weight excluding hydrogens is 340 g/mol. The summed E-state index contributed by atoms with van der Waals surface area (Å²) in [4.78, 5) is 22.7. The molecule has 21 heavy (non-hydrogen) atoms. The van der Waals surface area contributed by atoms with Gasteiger partial charge >= 0.3 is 5.97 Å². The minimum absolute atomic E-state index is 0.0197. The molecule has 122 valence electrons. The second kappa shape index (κ2) is 6.72. The molecule has 1 heterocycles. The van der Waals surface area contributed by atoms with E-state index in [0.29, 0.717) is 0 Å². The van der Waals surface area contributed by atoms with Crippen LogP contribution in [0, 0.1) is 0 Å². The number of nitrogens with two attached hydrogens (primary N) is 1. The smallest absolute Gasteiger partial charge is 0.321 e. The van der Waals surface area contributed by atoms with Gasteiger partial charge in [0.15, 0.2) is 9.84 Å². The van der Waals surface area contributed by atoms with Gasteiger partial charge in [-0.2, -0.15) is 0 Å². The van der Waals surface area contributed by atoms with Crippen molar-refractivity contribution in [3.63, 3.8) is 0 Å². The lowest BCUT2D eigenvalue weighted by Crippen LogP contribution is -2.48. The number of aliphatic carboxylic acids is 1. The monoisotopic (exact) mass is 358 g/mol. The van der Waals surface area contributed by atoms with Crippen LogP contribution in [0.15, 0.2) is 0 Å². The first-order chi connectivity index (χ1) is 9.44. The first-order valence-corrected chi connectivity index (χ1v) is 9.45. The molecule has 1 amide bonds. The molecule has 1 rings (SSSR count). The number of alkyl halides is 1. The van der Waals surface area contributed by atoms with E-state index in [1.54, 1.807) is 13.8 Å². The van der Waals surface area contributed by atoms with Crippen molar-refractivity contribution in [1.29, 1.82) is 0 Å². The van der Waals surface area contributed by atoms with Gasteiger partial charge in [0, 0.05) is 4.75 Å². The first kappa shape index (κ1) is 18.5. The van der Waals surface area contributed by atoms with Crippen molar-refractivity contribution in [3.8, 4) is 0 Å². The molecule has 0 bridgehead atoms. The number of nitrogens with one attached hydrogen (secondary N) is 1. The van der Waals surface area contributed by atoms with E-state index < -0.39 is 43.9 Å². The summed E-state index contributed by atoms with van der Waals surface area (Å²) < 4.78 is 22.0. The topological polar surface area (TPSA) is 127 Å². The minimum atomic E-state index is -3.21. The number of thioether (sulfide) groups is 1. The quantitative estimate of drug-likeness (QED) is 0.542. The second-order valence-corrected chi connectivity index (χ2v) is 9.82. The Morgan fingerprint density at radius 1 is 1.48 bits per heavy atom. The largest absolute Gasteiger partial charge is 0.480 e. The van der Waals surface area contributed by atoms with Gasteiger partial charge in [0.2, 0.25) is 5.91 Å². The molecule has 0 radical (unpaired) electrons. The molecule has 3 atom stereocenters. The van der Waals surface area contributed by atoms with E-state index in [0.717, 1.165) is 11.8 Å². The van der Waals surface area contributed by atoms with Crippen LogP contribution in [0.25, 0.3) is 0 Å². The molecule has 1 aliphatic rings. The van der Waals surface area contributed by atoms with E-state index in [2.05, 4.69) is 5.32 Å². The summed E-state index contributed by atoms with van der Waals surface area (Å²) >= 11 is 6.99. The van der Waals surface area contributed by atoms with Crippen molar-refractivity contribution < 1.29 is 23.1 Å². The van der Waals surface area contributed by atoms with Crippen molar-refractivity contribution in [2.24, 2.45) is 5.73 Å². The lowest BCUT2D eigenvalue weighted by atomic mass is 10.1. The molecule has 10 heteroatoms. The van der Waals surface area contributed by atoms with Gasteiger partial charge in [-0.15, -0.1) is 23.4 Å². The fraction of sp³-hybridized carbons (Fsp3) is 0.818. The highest BCUT2D eigenvalue weighted by Gasteiger charge is 2.38. The average molecular weight is 359 g/mol. The zero-order valence-corrected chi connectivity index (χ0v) is 14.1. The second-order valence-electron chi connectivity index (χ2n) is 5.47. The van der Waals surface area contributed by atoms with E-state index in [1.807, 2.05) is 0 Å². The van der Waals surface area contributed by atoms with Gasteiger partial charge in [-0.3, -0.25) is 9.59 Å². The van der Waals surface area contributed by atoms with Crippen LogP contribution < -0.4 is 11.1 Å². The van der Waals surface area contributed by atoms with Crippen molar-refractivity contribution in [2.45, 2.75) is 36.1 Å². The third kappa shape index (κ3) is 5.32. The normalized spacial score (nSPS) is 26.3. The SMILES string of the molecule is CC(C)(SCC(=O)NC1CS(=O)(=O)CC1Cl)[C@H](N)C(=O)O. The molecular formula is C11H19ClN2O5S2. The summed E-state index contributed by atoms with van der Waals surface area (Å²) in [5, 5.41) is 10.8. The van der Waals surface area contributed by atoms with Crippen molar-refractivity contribution >= 4 is 45.1 Å². The number of carboxylic acid groups (broad SMARTS) is 1. The Bertz CT molecular complexity index is 523. The lowest BCUT2D eigenvalue weighted by molar-refractivity contribution is -0.139. The van der Waals surface area contributed by atoms with Crippen LogP contribution in [0.2, 0.25) is 0 Å². The van der Waals surface area contributed by atoms with Crippen LogP contribution in [0.5, 0.6) is 0 Å². The number of hydrogen-bond donors (Lipinski definition) is 3. The summed E-state index contributed by atoms with van der Waals surface area (Å²) in [6, 6.07) is -1.72. The van der Waals surface area contributed by atoms with Crippen LogP contribution in [-0.2, 0) is 19.4 Å². The van der Waals surface area contributed by atoms with Gasteiger partial charge in [0.1, 0.15) is 6.04 Å². The van der Waals surface area contributed by atoms with Crippen LogP contribution in [0.3, 0.4) is 0 Å². The maximum Gasteiger partial charge on any atom is 0.321 e. The highest BCUT2D eigenvalue weighted by Crippen LogP contribution is 2.27.